The first-order chi connectivity index (χ1) is 13.3. The lowest BCUT2D eigenvalue weighted by atomic mass is 10.00. The molecule has 2 aromatic carbocycles. The Morgan fingerprint density at radius 3 is 2.14 bits per heavy atom. The van der Waals surface area contributed by atoms with Gasteiger partial charge in [-0.3, -0.25) is 14.4 Å². The predicted octanol–water partition coefficient (Wildman–Crippen LogP) is 2.72. The molecular weight excluding hydrogens is 360 g/mol. The second-order valence-electron chi connectivity index (χ2n) is 6.55. The van der Waals surface area contributed by atoms with Gasteiger partial charge in [0.15, 0.2) is 0 Å². The van der Waals surface area contributed by atoms with Crippen LogP contribution in [-0.2, 0) is 16.0 Å². The molecule has 0 heterocycles. The van der Waals surface area contributed by atoms with Crippen LogP contribution in [0.25, 0.3) is 0 Å². The van der Waals surface area contributed by atoms with Crippen LogP contribution in [0.5, 0.6) is 5.75 Å². The summed E-state index contributed by atoms with van der Waals surface area (Å²) in [5.74, 6) is -1.20. The maximum absolute atomic E-state index is 12.4. The Morgan fingerprint density at radius 1 is 1.00 bits per heavy atom. The average Bonchev–Trinajstić information content (AvgIpc) is 2.68. The number of nitrogens with one attached hydrogen (secondary N) is 2. The molecule has 0 bridgehead atoms. The number of aliphatic carboxylic acids is 1. The third kappa shape index (κ3) is 5.84. The topological polar surface area (TPSA) is 105 Å². The van der Waals surface area contributed by atoms with Crippen LogP contribution in [0.2, 0.25) is 0 Å². The number of amides is 2. The molecule has 0 aliphatic rings. The first kappa shape index (κ1) is 21.0. The monoisotopic (exact) mass is 384 g/mol. The molecule has 0 fully saturated rings. The maximum Gasteiger partial charge on any atom is 0.325 e. The molecule has 0 aliphatic heterocycles. The summed E-state index contributed by atoms with van der Waals surface area (Å²) in [6.07, 6.45) is 0.587. The van der Waals surface area contributed by atoms with Crippen molar-refractivity contribution in [3.63, 3.8) is 0 Å². The van der Waals surface area contributed by atoms with E-state index in [-0.39, 0.29) is 11.8 Å². The number of ether oxygens (including phenoxy) is 1. The van der Waals surface area contributed by atoms with Gasteiger partial charge in [0.1, 0.15) is 11.8 Å². The molecule has 2 atom stereocenters. The Hall–Kier alpha value is -3.35. The van der Waals surface area contributed by atoms with Crippen LogP contribution >= 0.6 is 0 Å². The number of benzene rings is 2. The average molecular weight is 384 g/mol. The predicted molar refractivity (Wildman–Crippen MR) is 105 cm³/mol. The Kier molecular flexibility index (Phi) is 7.14. The first-order valence-corrected chi connectivity index (χ1v) is 8.87. The van der Waals surface area contributed by atoms with Crippen molar-refractivity contribution in [1.29, 1.82) is 0 Å². The largest absolute Gasteiger partial charge is 0.497 e. The van der Waals surface area contributed by atoms with Gasteiger partial charge in [-0.25, -0.2) is 0 Å². The van der Waals surface area contributed by atoms with Crippen LogP contribution in [0.1, 0.15) is 29.8 Å². The molecule has 7 nitrogen and oxygen atoms in total. The highest BCUT2D eigenvalue weighted by atomic mass is 16.5. The van der Waals surface area contributed by atoms with Crippen LogP contribution in [-0.4, -0.2) is 36.0 Å². The summed E-state index contributed by atoms with van der Waals surface area (Å²) < 4.78 is 5.12. The van der Waals surface area contributed by atoms with E-state index in [4.69, 9.17) is 9.84 Å². The van der Waals surface area contributed by atoms with E-state index < -0.39 is 17.9 Å². The summed E-state index contributed by atoms with van der Waals surface area (Å²) >= 11 is 0. The van der Waals surface area contributed by atoms with Crippen molar-refractivity contribution < 1.29 is 24.2 Å². The Bertz CT molecular complexity index is 831. The summed E-state index contributed by atoms with van der Waals surface area (Å²) in [5, 5.41) is 14.0. The zero-order valence-corrected chi connectivity index (χ0v) is 16.1. The molecule has 7 heteroatoms. The van der Waals surface area contributed by atoms with Crippen LogP contribution < -0.4 is 15.4 Å². The molecule has 0 aliphatic carbocycles. The third-order valence-corrected chi connectivity index (χ3v) is 4.28. The zero-order chi connectivity index (χ0) is 20.7. The fourth-order valence-electron chi connectivity index (χ4n) is 2.52. The van der Waals surface area contributed by atoms with E-state index in [1.165, 1.54) is 19.1 Å². The number of carbonyl (C=O) groups is 3. The minimum Gasteiger partial charge on any atom is -0.497 e. The van der Waals surface area contributed by atoms with Crippen molar-refractivity contribution in [2.45, 2.75) is 26.3 Å². The van der Waals surface area contributed by atoms with E-state index in [1.54, 1.807) is 19.2 Å². The van der Waals surface area contributed by atoms with E-state index >= 15 is 0 Å². The number of methoxy groups -OCH3 is 1. The summed E-state index contributed by atoms with van der Waals surface area (Å²) in [5.41, 5.74) is 1.91. The molecule has 0 spiro atoms. The third-order valence-electron chi connectivity index (χ3n) is 4.28. The van der Waals surface area contributed by atoms with Gasteiger partial charge in [0.25, 0.3) is 5.91 Å². The fourth-order valence-corrected chi connectivity index (χ4v) is 2.52. The molecule has 2 amide bonds. The molecule has 0 saturated carbocycles. The summed E-state index contributed by atoms with van der Waals surface area (Å²) in [6.45, 7) is 3.23. The quantitative estimate of drug-likeness (QED) is 0.649. The van der Waals surface area contributed by atoms with Gasteiger partial charge in [0, 0.05) is 17.2 Å². The second-order valence-corrected chi connectivity index (χ2v) is 6.55. The normalized spacial score (nSPS) is 12.5. The van der Waals surface area contributed by atoms with Crippen LogP contribution in [0, 0.1) is 5.92 Å². The van der Waals surface area contributed by atoms with Crippen molar-refractivity contribution in [3.8, 4) is 5.75 Å². The Labute approximate surface area is 163 Å². The highest BCUT2D eigenvalue weighted by Crippen LogP contribution is 2.16. The molecule has 2 rings (SSSR count). The number of hydrogen-bond donors (Lipinski definition) is 3. The molecule has 148 valence electrons. The zero-order valence-electron chi connectivity index (χ0n) is 16.1. The van der Waals surface area contributed by atoms with Gasteiger partial charge in [-0.05, 0) is 55.3 Å². The SMILES string of the molecule is COc1ccc(CC(C)C(=O)Nc2ccc(C(=O)NC(C)C(=O)O)cc2)cc1. The lowest BCUT2D eigenvalue weighted by Gasteiger charge is -2.13. The van der Waals surface area contributed by atoms with Crippen LogP contribution in [0.15, 0.2) is 48.5 Å². The van der Waals surface area contributed by atoms with Crippen molar-refractivity contribution in [2.24, 2.45) is 5.92 Å². The first-order valence-electron chi connectivity index (χ1n) is 8.87. The van der Waals surface area contributed by atoms with Crippen LogP contribution in [0.3, 0.4) is 0 Å². The smallest absolute Gasteiger partial charge is 0.325 e. The van der Waals surface area contributed by atoms with E-state index in [1.807, 2.05) is 31.2 Å². The van der Waals surface area contributed by atoms with E-state index in [0.29, 0.717) is 17.7 Å². The minimum atomic E-state index is -1.11. The number of carboxylic acids is 1. The fraction of sp³-hybridized carbons (Fsp3) is 0.286. The van der Waals surface area contributed by atoms with Crippen LogP contribution in [0.4, 0.5) is 5.69 Å². The number of anilines is 1. The second kappa shape index (κ2) is 9.55. The number of rotatable bonds is 8. The number of hydrogen-bond acceptors (Lipinski definition) is 4. The van der Waals surface area contributed by atoms with Gasteiger partial charge in [-0.2, -0.15) is 0 Å². The van der Waals surface area contributed by atoms with E-state index in [9.17, 15) is 14.4 Å². The van der Waals surface area contributed by atoms with Crippen molar-refractivity contribution in [3.05, 3.63) is 59.7 Å². The highest BCUT2D eigenvalue weighted by Gasteiger charge is 2.16. The Balaban J connectivity index is 1.92. The number of carboxylic acid groups (broad SMARTS) is 1. The van der Waals surface area contributed by atoms with Gasteiger partial charge in [-0.15, -0.1) is 0 Å². The van der Waals surface area contributed by atoms with Gasteiger partial charge in [-0.1, -0.05) is 19.1 Å². The van der Waals surface area contributed by atoms with Crippen molar-refractivity contribution in [1.82, 2.24) is 5.32 Å². The molecule has 2 aromatic rings. The molecule has 0 radical (unpaired) electrons. The lowest BCUT2D eigenvalue weighted by molar-refractivity contribution is -0.138. The standard InChI is InChI=1S/C21H24N2O5/c1-13(12-15-4-10-18(28-3)11-5-15)19(24)23-17-8-6-16(7-9-17)20(25)22-14(2)21(26)27/h4-11,13-14H,12H2,1-3H3,(H,22,25)(H,23,24)(H,26,27). The van der Waals surface area contributed by atoms with Gasteiger partial charge >= 0.3 is 5.97 Å². The minimum absolute atomic E-state index is 0.132. The van der Waals surface area contributed by atoms with Crippen molar-refractivity contribution >= 4 is 23.5 Å². The number of carbonyl (C=O) groups excluding carboxylic acids is 2. The van der Waals surface area contributed by atoms with E-state index in [0.717, 1.165) is 11.3 Å². The highest BCUT2D eigenvalue weighted by molar-refractivity contribution is 5.97. The van der Waals surface area contributed by atoms with Gasteiger partial charge in [0.2, 0.25) is 5.91 Å². The summed E-state index contributed by atoms with van der Waals surface area (Å²) in [6, 6.07) is 12.9. The molecule has 2 unspecified atom stereocenters. The Morgan fingerprint density at radius 2 is 1.61 bits per heavy atom. The van der Waals surface area contributed by atoms with Gasteiger partial charge in [0.05, 0.1) is 7.11 Å². The molecule has 28 heavy (non-hydrogen) atoms. The molecular formula is C21H24N2O5. The van der Waals surface area contributed by atoms with Gasteiger partial charge < -0.3 is 20.5 Å². The molecule has 0 aromatic heterocycles. The summed E-state index contributed by atoms with van der Waals surface area (Å²) in [7, 11) is 1.60. The van der Waals surface area contributed by atoms with Crippen molar-refractivity contribution in [2.75, 3.05) is 12.4 Å². The summed E-state index contributed by atoms with van der Waals surface area (Å²) in [4.78, 5) is 35.2. The molecule has 3 N–H and O–H groups in total. The maximum atomic E-state index is 12.4. The molecule has 0 saturated heterocycles. The lowest BCUT2D eigenvalue weighted by Crippen LogP contribution is -2.38. The van der Waals surface area contributed by atoms with E-state index in [2.05, 4.69) is 10.6 Å².